The molecule has 0 aliphatic carbocycles. The minimum absolute atomic E-state index is 0.0600. The summed E-state index contributed by atoms with van der Waals surface area (Å²) in [6.07, 6.45) is 3.06. The monoisotopic (exact) mass is 413 g/mol. The Morgan fingerprint density at radius 2 is 1.73 bits per heavy atom. The molecule has 0 saturated heterocycles. The van der Waals surface area contributed by atoms with Crippen LogP contribution in [0.5, 0.6) is 17.2 Å². The number of hydrogen-bond acceptors (Lipinski definition) is 6. The number of ether oxygens (including phenoxy) is 3. The summed E-state index contributed by atoms with van der Waals surface area (Å²) < 4.78 is 15.7. The number of benzene rings is 2. The summed E-state index contributed by atoms with van der Waals surface area (Å²) in [6.45, 7) is 1.81. The first-order chi connectivity index (χ1) is 14.4. The van der Waals surface area contributed by atoms with Crippen LogP contribution in [0.4, 0.5) is 0 Å². The molecule has 0 fully saturated rings. The molecule has 0 bridgehead atoms. The van der Waals surface area contributed by atoms with E-state index in [4.69, 9.17) is 19.3 Å². The normalized spacial score (nSPS) is 10.5. The van der Waals surface area contributed by atoms with E-state index in [2.05, 4.69) is 5.32 Å². The molecule has 2 N–H and O–H groups in total. The zero-order chi connectivity index (χ0) is 21.9. The van der Waals surface area contributed by atoms with Crippen molar-refractivity contribution in [1.82, 2.24) is 5.32 Å². The number of hydrogen-bond donors (Lipinski definition) is 2. The third-order valence-corrected chi connectivity index (χ3v) is 3.85. The average molecular weight is 413 g/mol. The van der Waals surface area contributed by atoms with Crippen LogP contribution in [0.25, 0.3) is 6.08 Å². The fraction of sp³-hybridized carbons (Fsp3) is 0.227. The maximum Gasteiger partial charge on any atom is 0.341 e. The number of likely N-dealkylation sites (N-methyl/N-ethyl adjacent to an activating group) is 1. The third-order valence-electron chi connectivity index (χ3n) is 3.85. The van der Waals surface area contributed by atoms with Gasteiger partial charge in [0.1, 0.15) is 5.75 Å². The standard InChI is InChI=1S/C22H23NO7/c1-3-23-21(25)13-29-17-8-4-15(5-9-17)6-10-18(24)16-7-11-19(20(12-16)28-2)30-14-22(26)27/h4-12H,3,13-14H2,1-2H3,(H,23,25)(H,26,27)/b10-6+. The van der Waals surface area contributed by atoms with Crippen LogP contribution in [0.3, 0.4) is 0 Å². The van der Waals surface area contributed by atoms with Crippen LogP contribution in [0.1, 0.15) is 22.8 Å². The number of amides is 1. The van der Waals surface area contributed by atoms with Crippen LogP contribution in [-0.2, 0) is 9.59 Å². The maximum absolute atomic E-state index is 12.4. The highest BCUT2D eigenvalue weighted by atomic mass is 16.5. The molecule has 2 aromatic carbocycles. The second-order valence-electron chi connectivity index (χ2n) is 6.06. The van der Waals surface area contributed by atoms with Crippen LogP contribution < -0.4 is 19.5 Å². The molecule has 0 spiro atoms. The Hall–Kier alpha value is -3.81. The lowest BCUT2D eigenvalue weighted by Gasteiger charge is -2.10. The van der Waals surface area contributed by atoms with Crippen molar-refractivity contribution in [3.63, 3.8) is 0 Å². The molecule has 158 valence electrons. The van der Waals surface area contributed by atoms with Gasteiger partial charge in [-0.3, -0.25) is 9.59 Å². The second kappa shape index (κ2) is 11.3. The number of methoxy groups -OCH3 is 1. The largest absolute Gasteiger partial charge is 0.493 e. The minimum Gasteiger partial charge on any atom is -0.493 e. The van der Waals surface area contributed by atoms with Gasteiger partial charge in [0, 0.05) is 12.1 Å². The molecular weight excluding hydrogens is 390 g/mol. The molecule has 1 amide bonds. The molecular formula is C22H23NO7. The zero-order valence-corrected chi connectivity index (χ0v) is 16.7. The molecule has 8 heteroatoms. The van der Waals surface area contributed by atoms with E-state index >= 15 is 0 Å². The number of carbonyl (C=O) groups excluding carboxylic acids is 2. The maximum atomic E-state index is 12.4. The molecule has 2 rings (SSSR count). The molecule has 0 radical (unpaired) electrons. The lowest BCUT2D eigenvalue weighted by molar-refractivity contribution is -0.139. The van der Waals surface area contributed by atoms with Gasteiger partial charge in [-0.25, -0.2) is 4.79 Å². The average Bonchev–Trinajstić information content (AvgIpc) is 2.75. The Labute approximate surface area is 174 Å². The van der Waals surface area contributed by atoms with Gasteiger partial charge in [-0.1, -0.05) is 18.2 Å². The van der Waals surface area contributed by atoms with E-state index in [0.717, 1.165) is 5.56 Å². The topological polar surface area (TPSA) is 111 Å². The van der Waals surface area contributed by atoms with E-state index in [1.807, 2.05) is 6.92 Å². The van der Waals surface area contributed by atoms with Gasteiger partial charge in [-0.05, 0) is 48.9 Å². The quantitative estimate of drug-likeness (QED) is 0.430. The summed E-state index contributed by atoms with van der Waals surface area (Å²) >= 11 is 0. The number of aliphatic carboxylic acids is 1. The third kappa shape index (κ3) is 6.97. The fourth-order valence-corrected chi connectivity index (χ4v) is 2.42. The first-order valence-corrected chi connectivity index (χ1v) is 9.17. The molecule has 8 nitrogen and oxygen atoms in total. The van der Waals surface area contributed by atoms with Crippen LogP contribution in [0, 0.1) is 0 Å². The van der Waals surface area contributed by atoms with Gasteiger partial charge >= 0.3 is 5.97 Å². The van der Waals surface area contributed by atoms with Crippen LogP contribution >= 0.6 is 0 Å². The number of carboxylic acids is 1. The number of allylic oxidation sites excluding steroid dienone is 1. The molecule has 0 aliphatic rings. The van der Waals surface area contributed by atoms with Gasteiger partial charge < -0.3 is 24.6 Å². The smallest absolute Gasteiger partial charge is 0.341 e. The van der Waals surface area contributed by atoms with Crippen LogP contribution in [0.15, 0.2) is 48.5 Å². The number of rotatable bonds is 11. The fourth-order valence-electron chi connectivity index (χ4n) is 2.42. The molecule has 0 heterocycles. The van der Waals surface area contributed by atoms with Crippen molar-refractivity contribution >= 4 is 23.7 Å². The van der Waals surface area contributed by atoms with Gasteiger partial charge in [0.2, 0.25) is 0 Å². The summed E-state index contributed by atoms with van der Waals surface area (Å²) in [7, 11) is 1.41. The van der Waals surface area contributed by atoms with E-state index in [-0.39, 0.29) is 29.8 Å². The van der Waals surface area contributed by atoms with E-state index < -0.39 is 12.6 Å². The molecule has 0 atom stereocenters. The lowest BCUT2D eigenvalue weighted by atomic mass is 10.1. The Kier molecular flexibility index (Phi) is 8.43. The summed E-state index contributed by atoms with van der Waals surface area (Å²) in [6, 6.07) is 11.5. The second-order valence-corrected chi connectivity index (χ2v) is 6.06. The highest BCUT2D eigenvalue weighted by molar-refractivity contribution is 6.07. The first kappa shape index (κ1) is 22.5. The zero-order valence-electron chi connectivity index (χ0n) is 16.7. The van der Waals surface area contributed by atoms with Crippen LogP contribution in [-0.4, -0.2) is 49.6 Å². The Balaban J connectivity index is 1.99. The van der Waals surface area contributed by atoms with Gasteiger partial charge in [-0.2, -0.15) is 0 Å². The van der Waals surface area contributed by atoms with Crippen molar-refractivity contribution in [3.05, 3.63) is 59.7 Å². The number of carboxylic acid groups (broad SMARTS) is 1. The number of ketones is 1. The van der Waals surface area contributed by atoms with Crippen molar-refractivity contribution in [1.29, 1.82) is 0 Å². The van der Waals surface area contributed by atoms with Gasteiger partial charge in [0.05, 0.1) is 7.11 Å². The molecule has 2 aromatic rings. The van der Waals surface area contributed by atoms with E-state index in [9.17, 15) is 14.4 Å². The summed E-state index contributed by atoms with van der Waals surface area (Å²) in [5.74, 6) is -0.503. The molecule has 0 unspecified atom stereocenters. The Morgan fingerprint density at radius 1 is 1.00 bits per heavy atom. The predicted octanol–water partition coefficient (Wildman–Crippen LogP) is 2.57. The van der Waals surface area contributed by atoms with E-state index in [0.29, 0.717) is 17.9 Å². The Morgan fingerprint density at radius 3 is 2.37 bits per heavy atom. The van der Waals surface area contributed by atoms with Crippen molar-refractivity contribution in [2.24, 2.45) is 0 Å². The number of carbonyl (C=O) groups is 3. The van der Waals surface area contributed by atoms with E-state index in [1.54, 1.807) is 30.3 Å². The minimum atomic E-state index is -1.11. The lowest BCUT2D eigenvalue weighted by Crippen LogP contribution is -2.28. The van der Waals surface area contributed by atoms with Crippen molar-refractivity contribution in [3.8, 4) is 17.2 Å². The van der Waals surface area contributed by atoms with Crippen LogP contribution in [0.2, 0.25) is 0 Å². The van der Waals surface area contributed by atoms with Gasteiger partial charge in [-0.15, -0.1) is 0 Å². The van der Waals surface area contributed by atoms with Crippen molar-refractivity contribution < 1.29 is 33.7 Å². The molecule has 30 heavy (non-hydrogen) atoms. The molecule has 0 aliphatic heterocycles. The summed E-state index contributed by atoms with van der Waals surface area (Å²) in [4.78, 5) is 34.5. The van der Waals surface area contributed by atoms with E-state index in [1.165, 1.54) is 31.4 Å². The van der Waals surface area contributed by atoms with Crippen molar-refractivity contribution in [2.75, 3.05) is 26.9 Å². The Bertz CT molecular complexity index is 920. The first-order valence-electron chi connectivity index (χ1n) is 9.17. The van der Waals surface area contributed by atoms with Gasteiger partial charge in [0.25, 0.3) is 5.91 Å². The summed E-state index contributed by atoms with van der Waals surface area (Å²) in [5, 5.41) is 11.3. The number of nitrogens with one attached hydrogen (secondary N) is 1. The highest BCUT2D eigenvalue weighted by Gasteiger charge is 2.11. The van der Waals surface area contributed by atoms with Gasteiger partial charge in [0.15, 0.2) is 30.5 Å². The SMILES string of the molecule is CCNC(=O)COc1ccc(/C=C/C(=O)c2ccc(OCC(=O)O)c(OC)c2)cc1. The highest BCUT2D eigenvalue weighted by Crippen LogP contribution is 2.28. The molecule has 0 saturated carbocycles. The molecule has 0 aromatic heterocycles. The summed E-state index contributed by atoms with van der Waals surface area (Å²) in [5.41, 5.74) is 1.15. The predicted molar refractivity (Wildman–Crippen MR) is 110 cm³/mol. The van der Waals surface area contributed by atoms with Crippen molar-refractivity contribution in [2.45, 2.75) is 6.92 Å².